The number of nitrogens with zero attached hydrogens (tertiary/aromatic N) is 1. The topological polar surface area (TPSA) is 39.2 Å². The maximum Gasteiger partial charge on any atom is 0.416 e. The first-order chi connectivity index (χ1) is 11.5. The van der Waals surface area contributed by atoms with E-state index in [0.717, 1.165) is 34.8 Å². The van der Waals surface area contributed by atoms with E-state index in [-0.39, 0.29) is 12.2 Å². The summed E-state index contributed by atoms with van der Waals surface area (Å²) in [6, 6.07) is 9.90. The van der Waals surface area contributed by atoms with E-state index in [4.69, 9.17) is 4.74 Å². The minimum absolute atomic E-state index is 0.276. The van der Waals surface area contributed by atoms with Crippen LogP contribution in [0.4, 0.5) is 13.2 Å². The van der Waals surface area contributed by atoms with Crippen molar-refractivity contribution in [2.45, 2.75) is 12.6 Å². The summed E-state index contributed by atoms with van der Waals surface area (Å²) < 4.78 is 43.5. The lowest BCUT2D eigenvalue weighted by Crippen LogP contribution is -2.04. The quantitative estimate of drug-likeness (QED) is 0.645. The van der Waals surface area contributed by atoms with Crippen molar-refractivity contribution >= 4 is 17.1 Å². The van der Waals surface area contributed by atoms with Crippen LogP contribution >= 0.6 is 0 Å². The van der Waals surface area contributed by atoms with Gasteiger partial charge >= 0.3 is 6.18 Å². The van der Waals surface area contributed by atoms with E-state index in [1.807, 2.05) is 18.2 Å². The summed E-state index contributed by atoms with van der Waals surface area (Å²) in [4.78, 5) is 14.7. The molecule has 0 fully saturated rings. The highest BCUT2D eigenvalue weighted by Gasteiger charge is 2.30. The number of aldehydes is 1. The minimum Gasteiger partial charge on any atom is -0.455 e. The Kier molecular flexibility index (Phi) is 4.20. The van der Waals surface area contributed by atoms with Gasteiger partial charge in [-0.1, -0.05) is 12.1 Å². The Morgan fingerprint density at radius 2 is 1.79 bits per heavy atom. The van der Waals surface area contributed by atoms with Crippen LogP contribution in [-0.2, 0) is 17.4 Å². The summed E-state index contributed by atoms with van der Waals surface area (Å²) in [5, 5.41) is 1.55. The van der Waals surface area contributed by atoms with Gasteiger partial charge in [-0.05, 0) is 35.9 Å². The predicted octanol–water partition coefficient (Wildman–Crippen LogP) is 4.79. The summed E-state index contributed by atoms with van der Waals surface area (Å²) >= 11 is 0. The number of hydrogen-bond acceptors (Lipinski definition) is 3. The number of halogens is 3. The van der Waals surface area contributed by atoms with E-state index in [2.05, 4.69) is 4.98 Å². The van der Waals surface area contributed by atoms with E-state index in [1.54, 1.807) is 6.20 Å². The summed E-state index contributed by atoms with van der Waals surface area (Å²) in [5.74, 6) is 0.693. The van der Waals surface area contributed by atoms with Crippen LogP contribution in [0.1, 0.15) is 11.1 Å². The van der Waals surface area contributed by atoms with Crippen molar-refractivity contribution in [3.05, 3.63) is 66.0 Å². The zero-order valence-corrected chi connectivity index (χ0v) is 12.4. The maximum atomic E-state index is 12.6. The van der Waals surface area contributed by atoms with Crippen molar-refractivity contribution in [2.75, 3.05) is 0 Å². The van der Waals surface area contributed by atoms with Gasteiger partial charge in [0, 0.05) is 23.4 Å². The predicted molar refractivity (Wildman–Crippen MR) is 83.0 cm³/mol. The van der Waals surface area contributed by atoms with Crippen LogP contribution in [0.15, 0.2) is 54.9 Å². The molecule has 0 saturated carbocycles. The Balaban J connectivity index is 1.94. The summed E-state index contributed by atoms with van der Waals surface area (Å²) in [5.41, 5.74) is 0.0835. The van der Waals surface area contributed by atoms with Gasteiger partial charge < -0.3 is 9.53 Å². The monoisotopic (exact) mass is 331 g/mol. The zero-order chi connectivity index (χ0) is 17.2. The Bertz CT molecular complexity index is 874. The molecule has 122 valence electrons. The maximum absolute atomic E-state index is 12.6. The van der Waals surface area contributed by atoms with Crippen LogP contribution in [0.25, 0.3) is 10.8 Å². The van der Waals surface area contributed by atoms with Gasteiger partial charge in [0.2, 0.25) is 0 Å². The molecule has 0 saturated heterocycles. The Labute approximate surface area is 135 Å². The SMILES string of the molecule is O=CCc1ccc2cncc(Oc3ccc(C(F)(F)F)cc3)c2c1. The third kappa shape index (κ3) is 3.37. The second-order valence-electron chi connectivity index (χ2n) is 5.19. The third-order valence-electron chi connectivity index (χ3n) is 3.52. The first-order valence-corrected chi connectivity index (χ1v) is 7.13. The highest BCUT2D eigenvalue weighted by molar-refractivity contribution is 5.88. The van der Waals surface area contributed by atoms with Crippen LogP contribution in [0.3, 0.4) is 0 Å². The van der Waals surface area contributed by atoms with Crippen molar-refractivity contribution in [3.63, 3.8) is 0 Å². The van der Waals surface area contributed by atoms with E-state index < -0.39 is 11.7 Å². The van der Waals surface area contributed by atoms with Crippen molar-refractivity contribution < 1.29 is 22.7 Å². The highest BCUT2D eigenvalue weighted by Crippen LogP contribution is 2.33. The Hall–Kier alpha value is -2.89. The number of alkyl halides is 3. The van der Waals surface area contributed by atoms with Crippen LogP contribution in [0.5, 0.6) is 11.5 Å². The Morgan fingerprint density at radius 3 is 2.46 bits per heavy atom. The lowest BCUT2D eigenvalue weighted by Gasteiger charge is -2.11. The summed E-state index contributed by atoms with van der Waals surface area (Å²) in [6.45, 7) is 0. The molecule has 0 atom stereocenters. The molecule has 0 N–H and O–H groups in total. The summed E-state index contributed by atoms with van der Waals surface area (Å²) in [6.07, 6.45) is -0.162. The average Bonchev–Trinajstić information content (AvgIpc) is 2.55. The molecule has 0 unspecified atom stereocenters. The number of aromatic nitrogens is 1. The van der Waals surface area contributed by atoms with Crippen LogP contribution in [0.2, 0.25) is 0 Å². The van der Waals surface area contributed by atoms with Crippen LogP contribution in [-0.4, -0.2) is 11.3 Å². The van der Waals surface area contributed by atoms with Gasteiger partial charge in [-0.15, -0.1) is 0 Å². The van der Waals surface area contributed by atoms with Crippen molar-refractivity contribution in [1.82, 2.24) is 4.98 Å². The lowest BCUT2D eigenvalue weighted by molar-refractivity contribution is -0.137. The molecule has 0 aliphatic heterocycles. The largest absolute Gasteiger partial charge is 0.455 e. The minimum atomic E-state index is -4.39. The number of fused-ring (bicyclic) bond motifs is 1. The van der Waals surface area contributed by atoms with Gasteiger partial charge in [0.05, 0.1) is 11.8 Å². The first kappa shape index (κ1) is 16.0. The molecule has 6 heteroatoms. The van der Waals surface area contributed by atoms with E-state index in [1.165, 1.54) is 18.3 Å². The van der Waals surface area contributed by atoms with E-state index >= 15 is 0 Å². The molecule has 2 aromatic carbocycles. The fraction of sp³-hybridized carbons (Fsp3) is 0.111. The lowest BCUT2D eigenvalue weighted by atomic mass is 10.1. The van der Waals surface area contributed by atoms with Crippen LogP contribution in [0, 0.1) is 0 Å². The molecule has 3 aromatic rings. The van der Waals surface area contributed by atoms with Gasteiger partial charge in [-0.25, -0.2) is 0 Å². The van der Waals surface area contributed by atoms with E-state index in [0.29, 0.717) is 5.75 Å². The molecular formula is C18H12F3NO2. The molecule has 1 aromatic heterocycles. The average molecular weight is 331 g/mol. The normalized spacial score (nSPS) is 11.5. The molecule has 0 aliphatic carbocycles. The number of carbonyl (C=O) groups excluding carboxylic acids is 1. The molecular weight excluding hydrogens is 319 g/mol. The van der Waals surface area contributed by atoms with Gasteiger partial charge in [-0.2, -0.15) is 13.2 Å². The first-order valence-electron chi connectivity index (χ1n) is 7.13. The number of carbonyl (C=O) groups is 1. The number of pyridine rings is 1. The molecule has 24 heavy (non-hydrogen) atoms. The molecule has 3 rings (SSSR count). The third-order valence-corrected chi connectivity index (χ3v) is 3.52. The van der Waals surface area contributed by atoms with E-state index in [9.17, 15) is 18.0 Å². The van der Waals surface area contributed by atoms with Crippen molar-refractivity contribution in [2.24, 2.45) is 0 Å². The summed E-state index contributed by atoms with van der Waals surface area (Å²) in [7, 11) is 0. The van der Waals surface area contributed by atoms with Gasteiger partial charge in [-0.3, -0.25) is 4.98 Å². The molecule has 3 nitrogen and oxygen atoms in total. The molecule has 0 amide bonds. The van der Waals surface area contributed by atoms with Gasteiger partial charge in [0.1, 0.15) is 12.0 Å². The molecule has 1 heterocycles. The number of hydrogen-bond donors (Lipinski definition) is 0. The number of ether oxygens (including phenoxy) is 1. The standard InChI is InChI=1S/C18H12F3NO2/c19-18(20,21)14-3-5-15(6-4-14)24-17-11-22-10-13-2-1-12(7-8-23)9-16(13)17/h1-6,8-11H,7H2. The molecule has 0 bridgehead atoms. The fourth-order valence-electron chi connectivity index (χ4n) is 2.33. The van der Waals surface area contributed by atoms with Crippen LogP contribution < -0.4 is 4.74 Å². The van der Waals surface area contributed by atoms with Gasteiger partial charge in [0.25, 0.3) is 0 Å². The Morgan fingerprint density at radius 1 is 1.04 bits per heavy atom. The second kappa shape index (κ2) is 6.31. The highest BCUT2D eigenvalue weighted by atomic mass is 19.4. The smallest absolute Gasteiger partial charge is 0.416 e. The van der Waals surface area contributed by atoms with Crippen molar-refractivity contribution in [3.8, 4) is 11.5 Å². The van der Waals surface area contributed by atoms with Gasteiger partial charge in [0.15, 0.2) is 5.75 Å². The molecule has 0 aliphatic rings. The number of benzene rings is 2. The molecule has 0 spiro atoms. The zero-order valence-electron chi connectivity index (χ0n) is 12.4. The molecule has 0 radical (unpaired) electrons. The number of rotatable bonds is 4. The second-order valence-corrected chi connectivity index (χ2v) is 5.19. The van der Waals surface area contributed by atoms with Crippen molar-refractivity contribution in [1.29, 1.82) is 0 Å². The fourth-order valence-corrected chi connectivity index (χ4v) is 2.33.